The van der Waals surface area contributed by atoms with Gasteiger partial charge in [0.1, 0.15) is 6.23 Å². The molecule has 0 spiro atoms. The topological polar surface area (TPSA) is 84.3 Å². The minimum absolute atomic E-state index is 0.218. The van der Waals surface area contributed by atoms with Crippen molar-refractivity contribution in [2.75, 3.05) is 6.61 Å². The summed E-state index contributed by atoms with van der Waals surface area (Å²) in [5, 5.41) is 9.22. The second-order valence-electron chi connectivity index (χ2n) is 3.54. The Labute approximate surface area is 85.1 Å². The smallest absolute Gasteiger partial charge is 0.330 e. The normalized spacial score (nSPS) is 26.5. The number of aliphatic hydroxyl groups is 1. The number of nitrogens with zero attached hydrogens (tertiary/aromatic N) is 1. The molecule has 1 aliphatic heterocycles. The molecule has 0 unspecified atom stereocenters. The molecular weight excluding hydrogens is 200 g/mol. The predicted molar refractivity (Wildman–Crippen MR) is 51.6 cm³/mol. The summed E-state index contributed by atoms with van der Waals surface area (Å²) >= 11 is 0. The Morgan fingerprint density at radius 2 is 2.27 bits per heavy atom. The Hall–Kier alpha value is -1.40. The fourth-order valence-electron chi connectivity index (χ4n) is 1.60. The number of aliphatic hydroxyl groups excluding tert-OH is 1. The van der Waals surface area contributed by atoms with Crippen LogP contribution in [0.5, 0.6) is 0 Å². The monoisotopic (exact) mass is 212 g/mol. The minimum Gasteiger partial charge on any atom is -0.391 e. The van der Waals surface area contributed by atoms with Crippen LogP contribution in [0.3, 0.4) is 0 Å². The molecule has 0 amide bonds. The molecule has 1 aromatic heterocycles. The summed E-state index contributed by atoms with van der Waals surface area (Å²) in [4.78, 5) is 24.4. The molecule has 1 aromatic rings. The molecule has 2 heterocycles. The maximum atomic E-state index is 11.4. The fraction of sp³-hybridized carbons (Fsp3) is 0.556. The Balaban J connectivity index is 2.23. The molecular formula is C9H12N2O4. The van der Waals surface area contributed by atoms with E-state index in [2.05, 4.69) is 4.98 Å². The summed E-state index contributed by atoms with van der Waals surface area (Å²) in [5.74, 6) is 0. The summed E-state index contributed by atoms with van der Waals surface area (Å²) in [7, 11) is 0. The zero-order valence-electron chi connectivity index (χ0n) is 8.05. The van der Waals surface area contributed by atoms with Gasteiger partial charge >= 0.3 is 5.69 Å². The molecule has 6 nitrogen and oxygen atoms in total. The summed E-state index contributed by atoms with van der Waals surface area (Å²) < 4.78 is 6.61. The quantitative estimate of drug-likeness (QED) is 0.638. The van der Waals surface area contributed by atoms with Crippen molar-refractivity contribution in [1.82, 2.24) is 9.55 Å². The van der Waals surface area contributed by atoms with Crippen LogP contribution in [0, 0.1) is 0 Å². The van der Waals surface area contributed by atoms with Gasteiger partial charge in [0.05, 0.1) is 12.7 Å². The van der Waals surface area contributed by atoms with Crippen LogP contribution in [0.2, 0.25) is 0 Å². The molecule has 0 aliphatic carbocycles. The van der Waals surface area contributed by atoms with Crippen molar-refractivity contribution in [3.05, 3.63) is 33.1 Å². The van der Waals surface area contributed by atoms with Crippen molar-refractivity contribution in [3.8, 4) is 0 Å². The first-order valence-electron chi connectivity index (χ1n) is 4.78. The third-order valence-corrected chi connectivity index (χ3v) is 2.39. The van der Waals surface area contributed by atoms with E-state index in [1.165, 1.54) is 16.8 Å². The molecule has 0 bridgehead atoms. The van der Waals surface area contributed by atoms with Crippen LogP contribution in [0.4, 0.5) is 0 Å². The predicted octanol–water partition coefficient (Wildman–Crippen LogP) is -0.794. The van der Waals surface area contributed by atoms with Crippen molar-refractivity contribution in [1.29, 1.82) is 0 Å². The highest BCUT2D eigenvalue weighted by atomic mass is 16.5. The van der Waals surface area contributed by atoms with E-state index in [-0.39, 0.29) is 6.61 Å². The van der Waals surface area contributed by atoms with Crippen molar-refractivity contribution >= 4 is 0 Å². The van der Waals surface area contributed by atoms with E-state index in [9.17, 15) is 14.7 Å². The molecule has 1 aliphatic rings. The van der Waals surface area contributed by atoms with Gasteiger partial charge in [0.15, 0.2) is 0 Å². The third-order valence-electron chi connectivity index (χ3n) is 2.39. The van der Waals surface area contributed by atoms with E-state index in [4.69, 9.17) is 4.74 Å². The number of H-pyrrole nitrogens is 1. The van der Waals surface area contributed by atoms with E-state index >= 15 is 0 Å². The number of ether oxygens (including phenoxy) is 1. The molecule has 6 heteroatoms. The van der Waals surface area contributed by atoms with Gasteiger partial charge < -0.3 is 9.84 Å². The Kier molecular flexibility index (Phi) is 2.70. The van der Waals surface area contributed by atoms with Gasteiger partial charge in [0.2, 0.25) is 0 Å². The fourth-order valence-corrected chi connectivity index (χ4v) is 1.60. The average Bonchev–Trinajstić information content (AvgIpc) is 2.20. The van der Waals surface area contributed by atoms with Crippen LogP contribution >= 0.6 is 0 Å². The second kappa shape index (κ2) is 4.00. The molecule has 0 radical (unpaired) electrons. The highest BCUT2D eigenvalue weighted by Gasteiger charge is 2.21. The van der Waals surface area contributed by atoms with E-state index in [0.717, 1.165) is 0 Å². The zero-order chi connectivity index (χ0) is 10.8. The van der Waals surface area contributed by atoms with Crippen LogP contribution in [0.15, 0.2) is 21.9 Å². The van der Waals surface area contributed by atoms with Gasteiger partial charge in [-0.3, -0.25) is 14.3 Å². The Bertz CT molecular complexity index is 442. The molecule has 2 rings (SSSR count). The molecule has 0 aromatic carbocycles. The van der Waals surface area contributed by atoms with Crippen molar-refractivity contribution in [2.24, 2.45) is 0 Å². The van der Waals surface area contributed by atoms with Crippen LogP contribution in [-0.2, 0) is 4.74 Å². The Morgan fingerprint density at radius 3 is 2.87 bits per heavy atom. The largest absolute Gasteiger partial charge is 0.391 e. The standard InChI is InChI=1S/C9H12N2O4/c12-6-1-2-8(15-5-6)11-4-3-7(13)10-9(11)14/h3-4,6,8,12H,1-2,5H2,(H,10,13,14)/t6-,8-/m0/s1. The maximum Gasteiger partial charge on any atom is 0.330 e. The van der Waals surface area contributed by atoms with Crippen molar-refractivity contribution < 1.29 is 9.84 Å². The number of hydrogen-bond acceptors (Lipinski definition) is 4. The minimum atomic E-state index is -0.483. The van der Waals surface area contributed by atoms with Crippen molar-refractivity contribution in [2.45, 2.75) is 25.2 Å². The zero-order valence-corrected chi connectivity index (χ0v) is 8.05. The van der Waals surface area contributed by atoms with Crippen molar-refractivity contribution in [3.63, 3.8) is 0 Å². The molecule has 2 atom stereocenters. The molecule has 2 N–H and O–H groups in total. The number of aromatic nitrogens is 2. The van der Waals surface area contributed by atoms with Crippen LogP contribution in [-0.4, -0.2) is 27.4 Å². The SMILES string of the molecule is O=c1ccn([C@@H]2CC[C@H](O)CO2)c(=O)[nH]1. The lowest BCUT2D eigenvalue weighted by molar-refractivity contribution is -0.0905. The molecule has 1 saturated heterocycles. The average molecular weight is 212 g/mol. The van der Waals surface area contributed by atoms with Crippen LogP contribution < -0.4 is 11.2 Å². The molecule has 0 saturated carbocycles. The van der Waals surface area contributed by atoms with Crippen LogP contribution in [0.25, 0.3) is 0 Å². The lowest BCUT2D eigenvalue weighted by Gasteiger charge is -2.27. The first kappa shape index (κ1) is 10.1. The van der Waals surface area contributed by atoms with Gasteiger partial charge in [-0.2, -0.15) is 0 Å². The lowest BCUT2D eigenvalue weighted by atomic mass is 10.1. The summed E-state index contributed by atoms with van der Waals surface area (Å²) in [6.07, 6.45) is 1.71. The van der Waals surface area contributed by atoms with Gasteiger partial charge in [0, 0.05) is 12.3 Å². The van der Waals surface area contributed by atoms with E-state index in [1.807, 2.05) is 0 Å². The van der Waals surface area contributed by atoms with Gasteiger partial charge in [-0.15, -0.1) is 0 Å². The van der Waals surface area contributed by atoms with Gasteiger partial charge in [-0.05, 0) is 12.8 Å². The van der Waals surface area contributed by atoms with E-state index in [0.29, 0.717) is 12.8 Å². The van der Waals surface area contributed by atoms with Crippen LogP contribution in [0.1, 0.15) is 19.1 Å². The first-order chi connectivity index (χ1) is 7.16. The summed E-state index contributed by atoms with van der Waals surface area (Å²) in [6.45, 7) is 0.218. The van der Waals surface area contributed by atoms with E-state index in [1.54, 1.807) is 0 Å². The van der Waals surface area contributed by atoms with Gasteiger partial charge in [-0.1, -0.05) is 0 Å². The summed E-state index contributed by atoms with van der Waals surface area (Å²) in [6, 6.07) is 1.27. The molecule has 15 heavy (non-hydrogen) atoms. The first-order valence-corrected chi connectivity index (χ1v) is 4.78. The second-order valence-corrected chi connectivity index (χ2v) is 3.54. The third kappa shape index (κ3) is 2.16. The highest BCUT2D eigenvalue weighted by molar-refractivity contribution is 4.85. The van der Waals surface area contributed by atoms with Gasteiger partial charge in [0.25, 0.3) is 5.56 Å². The number of nitrogens with one attached hydrogen (secondary N) is 1. The Morgan fingerprint density at radius 1 is 1.47 bits per heavy atom. The number of hydrogen-bond donors (Lipinski definition) is 2. The number of rotatable bonds is 1. The molecule has 1 fully saturated rings. The van der Waals surface area contributed by atoms with Gasteiger partial charge in [-0.25, -0.2) is 4.79 Å². The lowest BCUT2D eigenvalue weighted by Crippen LogP contribution is -2.36. The van der Waals surface area contributed by atoms with E-state index < -0.39 is 23.6 Å². The maximum absolute atomic E-state index is 11.4. The summed E-state index contributed by atoms with van der Waals surface area (Å²) in [5.41, 5.74) is -0.906. The number of aromatic amines is 1. The molecule has 82 valence electrons. The highest BCUT2D eigenvalue weighted by Crippen LogP contribution is 2.20.